The lowest BCUT2D eigenvalue weighted by Gasteiger charge is -2.14. The van der Waals surface area contributed by atoms with Crippen molar-refractivity contribution in [2.45, 2.75) is 20.8 Å². The number of nitrogens with one attached hydrogen (secondary N) is 1. The van der Waals surface area contributed by atoms with Crippen molar-refractivity contribution in [2.75, 3.05) is 5.32 Å². The second-order valence-corrected chi connectivity index (χ2v) is 4.38. The molecular formula is C10H10Cl3NO. The summed E-state index contributed by atoms with van der Waals surface area (Å²) >= 11 is 18.1. The molecule has 1 amide bonds. The highest BCUT2D eigenvalue weighted by Gasteiger charge is 2.16. The Morgan fingerprint density at radius 2 is 1.40 bits per heavy atom. The summed E-state index contributed by atoms with van der Waals surface area (Å²) in [5, 5.41) is 3.88. The SMILES string of the molecule is CC(=O)Nc1c(Cl)c(C)c(Cl)c(C)c1Cl. The van der Waals surface area contributed by atoms with E-state index in [4.69, 9.17) is 34.8 Å². The molecule has 0 aliphatic carbocycles. The zero-order valence-electron chi connectivity index (χ0n) is 8.54. The van der Waals surface area contributed by atoms with Gasteiger partial charge in [-0.1, -0.05) is 34.8 Å². The van der Waals surface area contributed by atoms with Crippen LogP contribution in [0.25, 0.3) is 0 Å². The van der Waals surface area contributed by atoms with E-state index in [1.54, 1.807) is 13.8 Å². The molecule has 0 saturated heterocycles. The highest BCUT2D eigenvalue weighted by Crippen LogP contribution is 2.40. The molecule has 0 saturated carbocycles. The number of amides is 1. The predicted molar refractivity (Wildman–Crippen MR) is 65.2 cm³/mol. The Kier molecular flexibility index (Phi) is 3.87. The monoisotopic (exact) mass is 265 g/mol. The van der Waals surface area contributed by atoms with Crippen molar-refractivity contribution < 1.29 is 4.79 Å². The van der Waals surface area contributed by atoms with Crippen LogP contribution in [0, 0.1) is 13.8 Å². The summed E-state index contributed by atoms with van der Waals surface area (Å²) in [7, 11) is 0. The highest BCUT2D eigenvalue weighted by molar-refractivity contribution is 6.44. The molecule has 0 bridgehead atoms. The second-order valence-electron chi connectivity index (χ2n) is 3.25. The first-order valence-corrected chi connectivity index (χ1v) is 5.40. The molecule has 0 radical (unpaired) electrons. The van der Waals surface area contributed by atoms with Crippen LogP contribution in [0.5, 0.6) is 0 Å². The van der Waals surface area contributed by atoms with Crippen molar-refractivity contribution in [3.05, 3.63) is 26.2 Å². The highest BCUT2D eigenvalue weighted by atomic mass is 35.5. The Labute approximate surface area is 104 Å². The van der Waals surface area contributed by atoms with Crippen LogP contribution in [0.15, 0.2) is 0 Å². The van der Waals surface area contributed by atoms with E-state index in [9.17, 15) is 4.79 Å². The Morgan fingerprint density at radius 3 is 1.73 bits per heavy atom. The van der Waals surface area contributed by atoms with Gasteiger partial charge in [0.05, 0.1) is 15.7 Å². The van der Waals surface area contributed by atoms with Crippen LogP contribution < -0.4 is 5.32 Å². The van der Waals surface area contributed by atoms with Gasteiger partial charge in [0.1, 0.15) is 0 Å². The maximum atomic E-state index is 11.0. The van der Waals surface area contributed by atoms with Gasteiger partial charge in [0.25, 0.3) is 0 Å². The number of halogens is 3. The zero-order chi connectivity index (χ0) is 11.7. The largest absolute Gasteiger partial charge is 0.324 e. The van der Waals surface area contributed by atoms with Crippen molar-refractivity contribution in [1.82, 2.24) is 0 Å². The fourth-order valence-corrected chi connectivity index (χ4v) is 2.04. The molecule has 2 nitrogen and oxygen atoms in total. The lowest BCUT2D eigenvalue weighted by atomic mass is 10.1. The average molecular weight is 267 g/mol. The summed E-state index contributed by atoms with van der Waals surface area (Å²) in [5.74, 6) is -0.222. The first-order chi connectivity index (χ1) is 6.86. The minimum absolute atomic E-state index is 0.222. The quantitative estimate of drug-likeness (QED) is 0.810. The van der Waals surface area contributed by atoms with E-state index in [1.165, 1.54) is 6.92 Å². The minimum Gasteiger partial charge on any atom is -0.324 e. The van der Waals surface area contributed by atoms with Crippen LogP contribution in [-0.4, -0.2) is 5.91 Å². The zero-order valence-corrected chi connectivity index (χ0v) is 10.8. The van der Waals surface area contributed by atoms with Crippen LogP contribution in [0.4, 0.5) is 5.69 Å². The molecular weight excluding hydrogens is 256 g/mol. The molecule has 0 aliphatic heterocycles. The smallest absolute Gasteiger partial charge is 0.221 e. The first kappa shape index (κ1) is 12.6. The van der Waals surface area contributed by atoms with Crippen molar-refractivity contribution >= 4 is 46.4 Å². The van der Waals surface area contributed by atoms with Crippen LogP contribution in [0.1, 0.15) is 18.1 Å². The molecule has 1 rings (SSSR count). The molecule has 82 valence electrons. The van der Waals surface area contributed by atoms with E-state index in [1.807, 2.05) is 0 Å². The van der Waals surface area contributed by atoms with Crippen molar-refractivity contribution in [2.24, 2.45) is 0 Å². The number of anilines is 1. The molecule has 0 atom stereocenters. The van der Waals surface area contributed by atoms with Gasteiger partial charge >= 0.3 is 0 Å². The lowest BCUT2D eigenvalue weighted by molar-refractivity contribution is -0.114. The molecule has 0 aromatic heterocycles. The van der Waals surface area contributed by atoms with Gasteiger partial charge in [0.2, 0.25) is 5.91 Å². The molecule has 0 heterocycles. The summed E-state index contributed by atoms with van der Waals surface area (Å²) in [5.41, 5.74) is 1.85. The molecule has 0 spiro atoms. The number of carbonyl (C=O) groups is 1. The van der Waals surface area contributed by atoms with Gasteiger partial charge in [-0.25, -0.2) is 0 Å². The van der Waals surface area contributed by atoms with E-state index in [-0.39, 0.29) is 5.91 Å². The molecule has 1 aromatic carbocycles. The van der Waals surface area contributed by atoms with Crippen LogP contribution >= 0.6 is 34.8 Å². The van der Waals surface area contributed by atoms with Gasteiger partial charge in [-0.15, -0.1) is 0 Å². The van der Waals surface area contributed by atoms with Gasteiger partial charge in [0.15, 0.2) is 0 Å². The Bertz CT molecular complexity index is 400. The fraction of sp³-hybridized carbons (Fsp3) is 0.300. The van der Waals surface area contributed by atoms with Crippen molar-refractivity contribution in [3.8, 4) is 0 Å². The van der Waals surface area contributed by atoms with E-state index < -0.39 is 0 Å². The Hall–Kier alpha value is -0.440. The fourth-order valence-electron chi connectivity index (χ4n) is 1.23. The maximum absolute atomic E-state index is 11.0. The van der Waals surface area contributed by atoms with Gasteiger partial charge in [-0.05, 0) is 25.0 Å². The summed E-state index contributed by atoms with van der Waals surface area (Å²) in [6, 6.07) is 0. The van der Waals surface area contributed by atoms with Crippen molar-refractivity contribution in [1.29, 1.82) is 0 Å². The normalized spacial score (nSPS) is 10.3. The molecule has 1 aromatic rings. The summed E-state index contributed by atoms with van der Waals surface area (Å²) in [6.45, 7) is 4.95. The van der Waals surface area contributed by atoms with Crippen LogP contribution in [-0.2, 0) is 4.79 Å². The molecule has 0 aliphatic rings. The number of carbonyl (C=O) groups excluding carboxylic acids is 1. The molecule has 15 heavy (non-hydrogen) atoms. The average Bonchev–Trinajstić information content (AvgIpc) is 2.18. The van der Waals surface area contributed by atoms with Crippen molar-refractivity contribution in [3.63, 3.8) is 0 Å². The van der Waals surface area contributed by atoms with E-state index in [2.05, 4.69) is 5.32 Å². The molecule has 0 unspecified atom stereocenters. The van der Waals surface area contributed by atoms with Crippen LogP contribution in [0.2, 0.25) is 15.1 Å². The van der Waals surface area contributed by atoms with Crippen LogP contribution in [0.3, 0.4) is 0 Å². The molecule has 1 N–H and O–H groups in total. The van der Waals surface area contributed by atoms with Gasteiger partial charge < -0.3 is 5.32 Å². The third kappa shape index (κ3) is 2.39. The summed E-state index contributed by atoms with van der Waals surface area (Å²) in [6.07, 6.45) is 0. The number of hydrogen-bond acceptors (Lipinski definition) is 1. The van der Waals surface area contributed by atoms with Gasteiger partial charge in [-0.3, -0.25) is 4.79 Å². The minimum atomic E-state index is -0.222. The Balaban J connectivity index is 3.45. The van der Waals surface area contributed by atoms with Gasteiger partial charge in [-0.2, -0.15) is 0 Å². The predicted octanol–water partition coefficient (Wildman–Crippen LogP) is 4.22. The first-order valence-electron chi connectivity index (χ1n) is 4.27. The molecule has 0 fully saturated rings. The summed E-state index contributed by atoms with van der Waals surface area (Å²) < 4.78 is 0. The van der Waals surface area contributed by atoms with E-state index in [0.717, 1.165) is 0 Å². The topological polar surface area (TPSA) is 29.1 Å². The van der Waals surface area contributed by atoms with E-state index in [0.29, 0.717) is 31.9 Å². The molecule has 5 heteroatoms. The second kappa shape index (κ2) is 4.60. The standard InChI is InChI=1S/C10H10Cl3NO/c1-4-7(11)5(2)9(13)10(8(4)12)14-6(3)15/h1-3H3,(H,14,15). The maximum Gasteiger partial charge on any atom is 0.221 e. The number of hydrogen-bond donors (Lipinski definition) is 1. The number of rotatable bonds is 1. The third-order valence-electron chi connectivity index (χ3n) is 2.06. The summed E-state index contributed by atoms with van der Waals surface area (Å²) in [4.78, 5) is 11.0. The third-order valence-corrected chi connectivity index (χ3v) is 3.57. The Morgan fingerprint density at radius 1 is 1.00 bits per heavy atom. The number of benzene rings is 1. The van der Waals surface area contributed by atoms with Gasteiger partial charge in [0, 0.05) is 11.9 Å². The lowest BCUT2D eigenvalue weighted by Crippen LogP contribution is -2.08. The van der Waals surface area contributed by atoms with E-state index >= 15 is 0 Å².